The summed E-state index contributed by atoms with van der Waals surface area (Å²) in [6, 6.07) is 12.1. The number of ether oxygens (including phenoxy) is 2. The van der Waals surface area contributed by atoms with Gasteiger partial charge >= 0.3 is 0 Å². The molecule has 21 heavy (non-hydrogen) atoms. The Balaban J connectivity index is 1.66. The predicted molar refractivity (Wildman–Crippen MR) is 85.1 cm³/mol. The van der Waals surface area contributed by atoms with E-state index >= 15 is 0 Å². The van der Waals surface area contributed by atoms with Crippen LogP contribution in [0.2, 0.25) is 0 Å². The van der Waals surface area contributed by atoms with Crippen molar-refractivity contribution in [2.24, 2.45) is 0 Å². The second-order valence-corrected chi connectivity index (χ2v) is 5.95. The Morgan fingerprint density at radius 3 is 2.81 bits per heavy atom. The summed E-state index contributed by atoms with van der Waals surface area (Å²) in [5, 5.41) is 4.23. The number of rotatable bonds is 2. The molecule has 1 aromatic heterocycles. The van der Waals surface area contributed by atoms with Gasteiger partial charge in [0.05, 0.1) is 10.2 Å². The molecule has 0 saturated carbocycles. The zero-order valence-electron chi connectivity index (χ0n) is 11.6. The average molecular weight is 298 g/mol. The molecular formula is C16H14N2O2S. The second-order valence-electron chi connectivity index (χ2n) is 4.92. The van der Waals surface area contributed by atoms with Crippen LogP contribution in [0.3, 0.4) is 0 Å². The summed E-state index contributed by atoms with van der Waals surface area (Å²) in [4.78, 5) is 4.65. The van der Waals surface area contributed by atoms with Crippen molar-refractivity contribution >= 4 is 32.4 Å². The van der Waals surface area contributed by atoms with Crippen LogP contribution < -0.4 is 14.8 Å². The Bertz CT molecular complexity index is 813. The quantitative estimate of drug-likeness (QED) is 0.773. The molecule has 0 radical (unpaired) electrons. The molecule has 0 spiro atoms. The van der Waals surface area contributed by atoms with Crippen LogP contribution in [0.4, 0.5) is 10.8 Å². The fraction of sp³-hybridized carbons (Fsp3) is 0.188. The molecule has 0 amide bonds. The van der Waals surface area contributed by atoms with Crippen molar-refractivity contribution in [3.8, 4) is 11.5 Å². The topological polar surface area (TPSA) is 43.4 Å². The summed E-state index contributed by atoms with van der Waals surface area (Å²) < 4.78 is 12.3. The largest absolute Gasteiger partial charge is 0.486 e. The SMILES string of the molecule is Cc1cccc2sc(Nc3ccc4c(c3)OCCO4)nc12. The van der Waals surface area contributed by atoms with E-state index in [-0.39, 0.29) is 0 Å². The van der Waals surface area contributed by atoms with Crippen LogP contribution in [-0.2, 0) is 0 Å². The number of thiazole rings is 1. The summed E-state index contributed by atoms with van der Waals surface area (Å²) in [6.45, 7) is 3.28. The predicted octanol–water partition coefficient (Wildman–Crippen LogP) is 4.12. The van der Waals surface area contributed by atoms with Gasteiger partial charge in [-0.25, -0.2) is 4.98 Å². The number of nitrogens with zero attached hydrogens (tertiary/aromatic N) is 1. The molecule has 0 fully saturated rings. The smallest absolute Gasteiger partial charge is 0.188 e. The lowest BCUT2D eigenvalue weighted by Crippen LogP contribution is -2.15. The number of aromatic nitrogens is 1. The van der Waals surface area contributed by atoms with E-state index in [2.05, 4.69) is 35.4 Å². The van der Waals surface area contributed by atoms with E-state index in [0.717, 1.165) is 27.8 Å². The summed E-state index contributed by atoms with van der Waals surface area (Å²) in [7, 11) is 0. The van der Waals surface area contributed by atoms with E-state index in [1.54, 1.807) is 11.3 Å². The van der Waals surface area contributed by atoms with E-state index in [1.165, 1.54) is 10.3 Å². The Morgan fingerprint density at radius 1 is 1.10 bits per heavy atom. The van der Waals surface area contributed by atoms with Crippen molar-refractivity contribution in [1.82, 2.24) is 4.98 Å². The van der Waals surface area contributed by atoms with E-state index in [4.69, 9.17) is 9.47 Å². The monoisotopic (exact) mass is 298 g/mol. The molecule has 4 nitrogen and oxygen atoms in total. The highest BCUT2D eigenvalue weighted by molar-refractivity contribution is 7.22. The third kappa shape index (κ3) is 2.29. The first-order valence-corrected chi connectivity index (χ1v) is 7.64. The second kappa shape index (κ2) is 4.93. The normalized spacial score (nSPS) is 13.4. The van der Waals surface area contributed by atoms with Gasteiger partial charge in [-0.2, -0.15) is 0 Å². The summed E-state index contributed by atoms with van der Waals surface area (Å²) in [6.07, 6.45) is 0. The third-order valence-corrected chi connectivity index (χ3v) is 4.35. The molecule has 0 unspecified atom stereocenters. The maximum absolute atomic E-state index is 5.60. The molecule has 106 valence electrons. The van der Waals surface area contributed by atoms with Gasteiger partial charge in [-0.15, -0.1) is 0 Å². The molecule has 1 N–H and O–H groups in total. The Kier molecular flexibility index (Phi) is 2.93. The van der Waals surface area contributed by atoms with Gasteiger partial charge in [0.15, 0.2) is 16.6 Å². The van der Waals surface area contributed by atoms with Crippen molar-refractivity contribution in [2.45, 2.75) is 6.92 Å². The van der Waals surface area contributed by atoms with Gasteiger partial charge < -0.3 is 14.8 Å². The van der Waals surface area contributed by atoms with Gasteiger partial charge in [-0.1, -0.05) is 23.5 Å². The van der Waals surface area contributed by atoms with Gasteiger partial charge in [0.25, 0.3) is 0 Å². The Labute approximate surface area is 126 Å². The van der Waals surface area contributed by atoms with Gasteiger partial charge in [0.1, 0.15) is 13.2 Å². The van der Waals surface area contributed by atoms with Gasteiger partial charge in [0.2, 0.25) is 0 Å². The molecule has 3 aromatic rings. The lowest BCUT2D eigenvalue weighted by molar-refractivity contribution is 0.171. The van der Waals surface area contributed by atoms with Crippen molar-refractivity contribution in [1.29, 1.82) is 0 Å². The van der Waals surface area contributed by atoms with E-state index in [0.29, 0.717) is 13.2 Å². The number of fused-ring (bicyclic) bond motifs is 2. The summed E-state index contributed by atoms with van der Waals surface area (Å²) in [5.74, 6) is 1.58. The number of benzene rings is 2. The number of hydrogen-bond donors (Lipinski definition) is 1. The van der Waals surface area contributed by atoms with Crippen LogP contribution in [0.1, 0.15) is 5.56 Å². The standard InChI is InChI=1S/C16H14N2O2S/c1-10-3-2-4-14-15(10)18-16(21-14)17-11-5-6-12-13(9-11)20-8-7-19-12/h2-6,9H,7-8H2,1H3,(H,17,18). The van der Waals surface area contributed by atoms with E-state index in [9.17, 15) is 0 Å². The molecule has 0 aliphatic carbocycles. The number of anilines is 2. The van der Waals surface area contributed by atoms with Crippen LogP contribution >= 0.6 is 11.3 Å². The molecule has 0 atom stereocenters. The first-order chi connectivity index (χ1) is 10.3. The Hall–Kier alpha value is -2.27. The van der Waals surface area contributed by atoms with Gasteiger partial charge in [-0.3, -0.25) is 0 Å². The minimum Gasteiger partial charge on any atom is -0.486 e. The minimum absolute atomic E-state index is 0.594. The van der Waals surface area contributed by atoms with Crippen LogP contribution in [0.25, 0.3) is 10.2 Å². The van der Waals surface area contributed by atoms with Crippen LogP contribution in [-0.4, -0.2) is 18.2 Å². The zero-order valence-corrected chi connectivity index (χ0v) is 12.4. The van der Waals surface area contributed by atoms with Gasteiger partial charge in [-0.05, 0) is 30.7 Å². The van der Waals surface area contributed by atoms with E-state index in [1.807, 2.05) is 18.2 Å². The fourth-order valence-electron chi connectivity index (χ4n) is 2.38. The molecule has 2 heterocycles. The average Bonchev–Trinajstić information content (AvgIpc) is 2.91. The van der Waals surface area contributed by atoms with Crippen molar-refractivity contribution in [2.75, 3.05) is 18.5 Å². The first kappa shape index (κ1) is 12.5. The summed E-state index contributed by atoms with van der Waals surface area (Å²) in [5.41, 5.74) is 3.21. The lowest BCUT2D eigenvalue weighted by atomic mass is 10.2. The first-order valence-electron chi connectivity index (χ1n) is 6.82. The molecule has 0 saturated heterocycles. The number of aryl methyl sites for hydroxylation is 1. The Morgan fingerprint density at radius 2 is 1.95 bits per heavy atom. The molecule has 4 rings (SSSR count). The molecule has 1 aliphatic rings. The molecule has 0 bridgehead atoms. The molecular weight excluding hydrogens is 284 g/mol. The zero-order chi connectivity index (χ0) is 14.2. The number of hydrogen-bond acceptors (Lipinski definition) is 5. The number of nitrogens with one attached hydrogen (secondary N) is 1. The highest BCUT2D eigenvalue weighted by Gasteiger charge is 2.12. The lowest BCUT2D eigenvalue weighted by Gasteiger charge is -2.18. The number of para-hydroxylation sites is 1. The van der Waals surface area contributed by atoms with Crippen molar-refractivity contribution in [3.05, 3.63) is 42.0 Å². The summed E-state index contributed by atoms with van der Waals surface area (Å²) >= 11 is 1.65. The van der Waals surface area contributed by atoms with Crippen molar-refractivity contribution in [3.63, 3.8) is 0 Å². The maximum Gasteiger partial charge on any atom is 0.188 e. The van der Waals surface area contributed by atoms with E-state index < -0.39 is 0 Å². The highest BCUT2D eigenvalue weighted by Crippen LogP contribution is 2.35. The minimum atomic E-state index is 0.594. The van der Waals surface area contributed by atoms with Crippen molar-refractivity contribution < 1.29 is 9.47 Å². The highest BCUT2D eigenvalue weighted by atomic mass is 32.1. The molecule has 5 heteroatoms. The molecule has 1 aliphatic heterocycles. The van der Waals surface area contributed by atoms with Crippen LogP contribution in [0.15, 0.2) is 36.4 Å². The van der Waals surface area contributed by atoms with Gasteiger partial charge in [0, 0.05) is 11.8 Å². The third-order valence-electron chi connectivity index (χ3n) is 3.41. The van der Waals surface area contributed by atoms with Crippen LogP contribution in [0.5, 0.6) is 11.5 Å². The fourth-order valence-corrected chi connectivity index (χ4v) is 3.35. The maximum atomic E-state index is 5.60. The molecule has 2 aromatic carbocycles. The van der Waals surface area contributed by atoms with Crippen LogP contribution in [0, 0.1) is 6.92 Å².